The molecule has 1 atom stereocenters. The van der Waals surface area contributed by atoms with Gasteiger partial charge in [-0.15, -0.1) is 0 Å². The van der Waals surface area contributed by atoms with Gasteiger partial charge in [0, 0.05) is 0 Å². The molecule has 0 saturated carbocycles. The molecule has 0 aromatic heterocycles. The van der Waals surface area contributed by atoms with Crippen LogP contribution in [0.3, 0.4) is 0 Å². The fraction of sp³-hybridized carbons (Fsp3) is 0. The number of hydrogen-bond acceptors (Lipinski definition) is 1. The molecule has 1 unspecified atom stereocenters. The van der Waals surface area contributed by atoms with Crippen molar-refractivity contribution in [2.24, 2.45) is 0 Å². The van der Waals surface area contributed by atoms with Crippen LogP contribution in [0.5, 0.6) is 0 Å². The molecule has 4 heteroatoms. The van der Waals surface area contributed by atoms with Crippen molar-refractivity contribution in [1.82, 2.24) is 0 Å². The molecule has 0 fully saturated rings. The molecular formula is C6H6AsClO2. The van der Waals surface area contributed by atoms with Crippen molar-refractivity contribution >= 4 is 27.2 Å². The number of halogens is 1. The molecule has 0 aliphatic rings. The van der Waals surface area contributed by atoms with Gasteiger partial charge in [0.25, 0.3) is 0 Å². The molecule has 0 aliphatic carbocycles. The quantitative estimate of drug-likeness (QED) is 0.700. The first kappa shape index (κ1) is 7.93. The fourth-order valence-corrected chi connectivity index (χ4v) is 2.33. The Morgan fingerprint density at radius 1 is 1.30 bits per heavy atom. The van der Waals surface area contributed by atoms with Gasteiger partial charge in [-0.1, -0.05) is 0 Å². The summed E-state index contributed by atoms with van der Waals surface area (Å²) in [4.78, 5) is 0. The molecule has 0 saturated heterocycles. The van der Waals surface area contributed by atoms with E-state index in [1.54, 1.807) is 30.3 Å². The summed E-state index contributed by atoms with van der Waals surface area (Å²) in [7, 11) is 5.23. The van der Waals surface area contributed by atoms with Gasteiger partial charge in [-0.2, -0.15) is 0 Å². The van der Waals surface area contributed by atoms with E-state index < -0.39 is 12.9 Å². The second-order valence-electron chi connectivity index (χ2n) is 1.84. The zero-order chi connectivity index (χ0) is 7.61. The molecule has 0 spiro atoms. The van der Waals surface area contributed by atoms with Crippen LogP contribution in [-0.2, 0) is 3.74 Å². The Kier molecular flexibility index (Phi) is 2.24. The van der Waals surface area contributed by atoms with Gasteiger partial charge in [-0.25, -0.2) is 0 Å². The van der Waals surface area contributed by atoms with E-state index in [1.807, 2.05) is 0 Å². The monoisotopic (exact) mass is 220 g/mol. The fourth-order valence-electron chi connectivity index (χ4n) is 0.612. The molecule has 0 amide bonds. The predicted octanol–water partition coefficient (Wildman–Crippen LogP) is 0.494. The minimum atomic E-state index is -4.13. The second kappa shape index (κ2) is 2.83. The standard InChI is InChI=1S/C6H6AsClO2/c8-7(9,10)6-4-2-1-3-5-6/h1-5H,(H,9,10). The van der Waals surface area contributed by atoms with Crippen LogP contribution < -0.4 is 4.35 Å². The van der Waals surface area contributed by atoms with Crippen LogP contribution in [-0.4, -0.2) is 17.0 Å². The van der Waals surface area contributed by atoms with Gasteiger partial charge in [0.2, 0.25) is 0 Å². The SMILES string of the molecule is O=[As](O)(Cl)c1ccccc1. The average Bonchev–Trinajstić information content (AvgIpc) is 1.88. The van der Waals surface area contributed by atoms with E-state index in [2.05, 4.69) is 0 Å². The van der Waals surface area contributed by atoms with Crippen molar-refractivity contribution in [2.75, 3.05) is 0 Å². The summed E-state index contributed by atoms with van der Waals surface area (Å²) in [5.41, 5.74) is 0. The third-order valence-electron chi connectivity index (χ3n) is 1.07. The van der Waals surface area contributed by atoms with Crippen molar-refractivity contribution in [2.45, 2.75) is 0 Å². The third-order valence-corrected chi connectivity index (χ3v) is 4.05. The van der Waals surface area contributed by atoms with Crippen molar-refractivity contribution in [3.05, 3.63) is 30.3 Å². The maximum atomic E-state index is 10.8. The number of hydrogen-bond donors (Lipinski definition) is 1. The number of rotatable bonds is 1. The van der Waals surface area contributed by atoms with Crippen LogP contribution in [0.4, 0.5) is 0 Å². The van der Waals surface area contributed by atoms with Gasteiger partial charge in [0.05, 0.1) is 0 Å². The van der Waals surface area contributed by atoms with Crippen molar-refractivity contribution in [3.63, 3.8) is 0 Å². The first-order valence-corrected chi connectivity index (χ1v) is 7.70. The Morgan fingerprint density at radius 2 is 1.80 bits per heavy atom. The van der Waals surface area contributed by atoms with Crippen LogP contribution in [0.2, 0.25) is 0 Å². The van der Waals surface area contributed by atoms with Gasteiger partial charge < -0.3 is 0 Å². The molecule has 1 rings (SSSR count). The van der Waals surface area contributed by atoms with Crippen molar-refractivity contribution < 1.29 is 7.84 Å². The zero-order valence-corrected chi connectivity index (χ0v) is 7.70. The first-order valence-electron chi connectivity index (χ1n) is 2.69. The predicted molar refractivity (Wildman–Crippen MR) is 40.6 cm³/mol. The van der Waals surface area contributed by atoms with Crippen LogP contribution >= 0.6 is 9.95 Å². The Morgan fingerprint density at radius 3 is 2.10 bits per heavy atom. The molecule has 0 heterocycles. The van der Waals surface area contributed by atoms with Gasteiger partial charge in [0.1, 0.15) is 0 Å². The van der Waals surface area contributed by atoms with E-state index in [1.165, 1.54) is 0 Å². The molecule has 0 bridgehead atoms. The molecule has 2 nitrogen and oxygen atoms in total. The van der Waals surface area contributed by atoms with E-state index in [0.29, 0.717) is 4.35 Å². The van der Waals surface area contributed by atoms with Crippen molar-refractivity contribution in [1.29, 1.82) is 0 Å². The molecule has 1 N–H and O–H groups in total. The molecule has 1 aromatic carbocycles. The van der Waals surface area contributed by atoms with Crippen molar-refractivity contribution in [3.8, 4) is 0 Å². The second-order valence-corrected chi connectivity index (χ2v) is 7.41. The zero-order valence-electron chi connectivity index (χ0n) is 5.07. The molecular weight excluding hydrogens is 214 g/mol. The van der Waals surface area contributed by atoms with E-state index in [-0.39, 0.29) is 0 Å². The molecule has 1 aromatic rings. The van der Waals surface area contributed by atoms with E-state index in [0.717, 1.165) is 0 Å². The normalized spacial score (nSPS) is 16.2. The summed E-state index contributed by atoms with van der Waals surface area (Å²) in [6.45, 7) is 0. The van der Waals surface area contributed by atoms with Crippen LogP contribution in [0.25, 0.3) is 0 Å². The number of benzene rings is 1. The maximum absolute atomic E-state index is 10.8. The van der Waals surface area contributed by atoms with E-state index in [4.69, 9.17) is 14.0 Å². The van der Waals surface area contributed by atoms with Gasteiger partial charge in [-0.05, 0) is 0 Å². The summed E-state index contributed by atoms with van der Waals surface area (Å²) in [5, 5.41) is 0. The van der Waals surface area contributed by atoms with Crippen LogP contribution in [0, 0.1) is 0 Å². The molecule has 0 radical (unpaired) electrons. The Balaban J connectivity index is 3.09. The first-order chi connectivity index (χ1) is 4.61. The summed E-state index contributed by atoms with van der Waals surface area (Å²) in [6, 6.07) is 8.23. The Bertz CT molecular complexity index is 254. The van der Waals surface area contributed by atoms with Gasteiger partial charge in [-0.3, -0.25) is 0 Å². The summed E-state index contributed by atoms with van der Waals surface area (Å²) in [6.07, 6.45) is 0. The summed E-state index contributed by atoms with van der Waals surface area (Å²) >= 11 is -4.13. The minimum absolute atomic E-state index is 0.335. The molecule has 54 valence electrons. The average molecular weight is 220 g/mol. The summed E-state index contributed by atoms with van der Waals surface area (Å²) < 4.78 is 20.0. The van der Waals surface area contributed by atoms with Crippen LogP contribution in [0.1, 0.15) is 0 Å². The van der Waals surface area contributed by atoms with Gasteiger partial charge in [0.15, 0.2) is 0 Å². The topological polar surface area (TPSA) is 37.3 Å². The van der Waals surface area contributed by atoms with E-state index >= 15 is 0 Å². The Labute approximate surface area is 65.6 Å². The van der Waals surface area contributed by atoms with E-state index in [9.17, 15) is 3.74 Å². The van der Waals surface area contributed by atoms with Crippen LogP contribution in [0.15, 0.2) is 30.3 Å². The Hall–Kier alpha value is -0.172. The summed E-state index contributed by atoms with van der Waals surface area (Å²) in [5.74, 6) is 0. The molecule has 10 heavy (non-hydrogen) atoms. The molecule has 0 aliphatic heterocycles. The third kappa shape index (κ3) is 1.91. The van der Waals surface area contributed by atoms with Gasteiger partial charge >= 0.3 is 65.4 Å².